The summed E-state index contributed by atoms with van der Waals surface area (Å²) < 4.78 is 39.6. The predicted octanol–water partition coefficient (Wildman–Crippen LogP) is 4.17. The van der Waals surface area contributed by atoms with E-state index in [4.69, 9.17) is 11.1 Å². The molecule has 0 saturated heterocycles. The van der Waals surface area contributed by atoms with Gasteiger partial charge < -0.3 is 16.2 Å². The number of hydrogen-bond acceptors (Lipinski definition) is 6. The van der Waals surface area contributed by atoms with Gasteiger partial charge in [0.25, 0.3) is 0 Å². The van der Waals surface area contributed by atoms with Gasteiger partial charge in [-0.15, -0.1) is 0 Å². The number of aromatic hydroxyl groups is 1. The Labute approximate surface area is 176 Å². The van der Waals surface area contributed by atoms with Crippen LogP contribution in [-0.4, -0.2) is 26.8 Å². The second-order valence-electron chi connectivity index (χ2n) is 7.44. The second kappa shape index (κ2) is 7.90. The number of nitrogens with one attached hydrogen (secondary N) is 2. The highest BCUT2D eigenvalue weighted by molar-refractivity contribution is 6.16. The minimum Gasteiger partial charge on any atom is -0.507 e. The monoisotopic (exact) mass is 427 g/mol. The molecular weight excluding hydrogens is 407 g/mol. The molecule has 3 aromatic rings. The predicted molar refractivity (Wildman–Crippen MR) is 111 cm³/mol. The van der Waals surface area contributed by atoms with Crippen LogP contribution in [0.2, 0.25) is 0 Å². The molecule has 6 nitrogen and oxygen atoms in total. The fourth-order valence-electron chi connectivity index (χ4n) is 3.83. The number of alkyl halides is 3. The molecular formula is C22H20F3N5O. The van der Waals surface area contributed by atoms with E-state index >= 15 is 0 Å². The smallest absolute Gasteiger partial charge is 0.419 e. The molecule has 0 amide bonds. The number of anilines is 2. The van der Waals surface area contributed by atoms with Gasteiger partial charge in [0.1, 0.15) is 23.7 Å². The molecule has 1 atom stereocenters. The number of hydrogen-bond donors (Lipinski definition) is 4. The first-order valence-electron chi connectivity index (χ1n) is 9.67. The summed E-state index contributed by atoms with van der Waals surface area (Å²) in [6.45, 7) is 0. The van der Waals surface area contributed by atoms with Crippen molar-refractivity contribution in [2.75, 3.05) is 11.1 Å². The Morgan fingerprint density at radius 1 is 1.13 bits per heavy atom. The maximum absolute atomic E-state index is 13.2. The summed E-state index contributed by atoms with van der Waals surface area (Å²) in [5.41, 5.74) is 7.10. The minimum absolute atomic E-state index is 0.0136. The van der Waals surface area contributed by atoms with Crippen LogP contribution in [-0.2, 0) is 19.0 Å². The molecule has 0 saturated carbocycles. The summed E-state index contributed by atoms with van der Waals surface area (Å²) in [5.74, 6) is -0.621. The topological polar surface area (TPSA) is 108 Å². The number of phenolic OH excluding ortho intramolecular Hbond substituents is 1. The Morgan fingerprint density at radius 3 is 2.61 bits per heavy atom. The van der Waals surface area contributed by atoms with Gasteiger partial charge in [-0.1, -0.05) is 24.3 Å². The quantitative estimate of drug-likeness (QED) is 0.468. The van der Waals surface area contributed by atoms with Gasteiger partial charge >= 0.3 is 6.18 Å². The van der Waals surface area contributed by atoms with Crippen LogP contribution in [0.5, 0.6) is 5.75 Å². The standard InChI is InChI=1S/C22H20F3N5O/c23-22(24,25)16-10-14(6-8-17(16)31)19(26)18-20(27)28-11-29-21(18)30-15-7-5-12-3-1-2-4-13(12)9-15/h1-4,6,8,10-11,15,26,31H,5,7,9H2,(H3,27,28,29,30). The molecule has 2 aromatic carbocycles. The van der Waals surface area contributed by atoms with Crippen LogP contribution >= 0.6 is 0 Å². The van der Waals surface area contributed by atoms with E-state index in [2.05, 4.69) is 27.4 Å². The fraction of sp³-hybridized carbons (Fsp3) is 0.227. The summed E-state index contributed by atoms with van der Waals surface area (Å²) in [4.78, 5) is 8.13. The highest BCUT2D eigenvalue weighted by Crippen LogP contribution is 2.37. The number of nitrogens with two attached hydrogens (primary N) is 1. The Morgan fingerprint density at radius 2 is 1.87 bits per heavy atom. The van der Waals surface area contributed by atoms with Crippen LogP contribution in [0.1, 0.15) is 34.2 Å². The molecule has 1 unspecified atom stereocenters. The first kappa shape index (κ1) is 20.6. The number of benzene rings is 2. The lowest BCUT2D eigenvalue weighted by atomic mass is 9.88. The van der Waals surface area contributed by atoms with Crippen molar-refractivity contribution in [3.8, 4) is 5.75 Å². The zero-order valence-electron chi connectivity index (χ0n) is 16.4. The third kappa shape index (κ3) is 4.16. The lowest BCUT2D eigenvalue weighted by molar-refractivity contribution is -0.138. The minimum atomic E-state index is -4.75. The first-order valence-corrected chi connectivity index (χ1v) is 9.67. The fourth-order valence-corrected chi connectivity index (χ4v) is 3.83. The lowest BCUT2D eigenvalue weighted by Crippen LogP contribution is -2.29. The van der Waals surface area contributed by atoms with E-state index in [1.54, 1.807) is 0 Å². The first-order chi connectivity index (χ1) is 14.7. The van der Waals surface area contributed by atoms with E-state index in [-0.39, 0.29) is 28.7 Å². The lowest BCUT2D eigenvalue weighted by Gasteiger charge is -2.27. The zero-order chi connectivity index (χ0) is 22.2. The molecule has 1 aromatic heterocycles. The Balaban J connectivity index is 1.65. The Hall–Kier alpha value is -3.62. The van der Waals surface area contributed by atoms with E-state index in [1.807, 2.05) is 12.1 Å². The molecule has 4 rings (SSSR count). The van der Waals surface area contributed by atoms with Crippen molar-refractivity contribution in [1.82, 2.24) is 9.97 Å². The molecule has 160 valence electrons. The van der Waals surface area contributed by atoms with Crippen LogP contribution in [0.15, 0.2) is 48.8 Å². The number of rotatable bonds is 4. The third-order valence-corrected chi connectivity index (χ3v) is 5.40. The maximum atomic E-state index is 13.2. The molecule has 1 aliphatic carbocycles. The van der Waals surface area contributed by atoms with Crippen molar-refractivity contribution in [2.24, 2.45) is 0 Å². The summed E-state index contributed by atoms with van der Waals surface area (Å²) in [7, 11) is 0. The highest BCUT2D eigenvalue weighted by atomic mass is 19.4. The van der Waals surface area contributed by atoms with Crippen LogP contribution in [0, 0.1) is 5.41 Å². The van der Waals surface area contributed by atoms with Gasteiger partial charge in [-0.3, -0.25) is 5.41 Å². The molecule has 9 heteroatoms. The van der Waals surface area contributed by atoms with Crippen molar-refractivity contribution < 1.29 is 18.3 Å². The number of phenols is 1. The number of halogens is 3. The molecule has 0 bridgehead atoms. The SMILES string of the molecule is N=C(c1ccc(O)c(C(F)(F)F)c1)c1c(N)ncnc1NC1CCc2ccccc2C1. The zero-order valence-corrected chi connectivity index (χ0v) is 16.4. The van der Waals surface area contributed by atoms with Crippen LogP contribution in [0.3, 0.4) is 0 Å². The summed E-state index contributed by atoms with van der Waals surface area (Å²) in [5, 5.41) is 21.4. The van der Waals surface area contributed by atoms with Gasteiger partial charge in [-0.2, -0.15) is 13.2 Å². The van der Waals surface area contributed by atoms with E-state index < -0.39 is 17.5 Å². The van der Waals surface area contributed by atoms with Crippen molar-refractivity contribution in [2.45, 2.75) is 31.5 Å². The van der Waals surface area contributed by atoms with Gasteiger partial charge in [0.2, 0.25) is 0 Å². The van der Waals surface area contributed by atoms with Crippen molar-refractivity contribution in [1.29, 1.82) is 5.41 Å². The van der Waals surface area contributed by atoms with E-state index in [0.29, 0.717) is 5.82 Å². The number of fused-ring (bicyclic) bond motifs is 1. The van der Waals surface area contributed by atoms with Crippen molar-refractivity contribution >= 4 is 17.3 Å². The molecule has 0 fully saturated rings. The van der Waals surface area contributed by atoms with Crippen LogP contribution < -0.4 is 11.1 Å². The largest absolute Gasteiger partial charge is 0.507 e. The van der Waals surface area contributed by atoms with Crippen LogP contribution in [0.4, 0.5) is 24.8 Å². The van der Waals surface area contributed by atoms with Gasteiger partial charge in [-0.05, 0) is 48.6 Å². The van der Waals surface area contributed by atoms with Gasteiger partial charge in [0, 0.05) is 11.6 Å². The number of nitrogen functional groups attached to an aromatic ring is 1. The molecule has 31 heavy (non-hydrogen) atoms. The molecule has 0 spiro atoms. The van der Waals surface area contributed by atoms with E-state index in [0.717, 1.165) is 31.4 Å². The molecule has 1 heterocycles. The van der Waals surface area contributed by atoms with Crippen molar-refractivity contribution in [3.05, 3.63) is 76.6 Å². The molecule has 0 radical (unpaired) electrons. The number of aromatic nitrogens is 2. The van der Waals surface area contributed by atoms with E-state index in [1.165, 1.54) is 23.5 Å². The van der Waals surface area contributed by atoms with Gasteiger partial charge in [0.15, 0.2) is 0 Å². The highest BCUT2D eigenvalue weighted by Gasteiger charge is 2.34. The maximum Gasteiger partial charge on any atom is 0.419 e. The summed E-state index contributed by atoms with van der Waals surface area (Å²) >= 11 is 0. The van der Waals surface area contributed by atoms with Crippen LogP contribution in [0.25, 0.3) is 0 Å². The van der Waals surface area contributed by atoms with E-state index in [9.17, 15) is 18.3 Å². The molecule has 1 aliphatic rings. The summed E-state index contributed by atoms with van der Waals surface area (Å²) in [6, 6.07) is 11.1. The normalized spacial score (nSPS) is 15.9. The molecule has 5 N–H and O–H groups in total. The number of aryl methyl sites for hydroxylation is 1. The summed E-state index contributed by atoms with van der Waals surface area (Å²) in [6.07, 6.45) is -1.03. The second-order valence-corrected chi connectivity index (χ2v) is 7.44. The third-order valence-electron chi connectivity index (χ3n) is 5.40. The Kier molecular flexibility index (Phi) is 5.26. The van der Waals surface area contributed by atoms with Gasteiger partial charge in [-0.25, -0.2) is 9.97 Å². The average Bonchev–Trinajstić information content (AvgIpc) is 2.73. The van der Waals surface area contributed by atoms with Gasteiger partial charge in [0.05, 0.1) is 16.8 Å². The Bertz CT molecular complexity index is 1150. The average molecular weight is 427 g/mol. The number of nitrogens with zero attached hydrogens (tertiary/aromatic N) is 2. The molecule has 0 aliphatic heterocycles. The van der Waals surface area contributed by atoms with Crippen molar-refractivity contribution in [3.63, 3.8) is 0 Å².